The van der Waals surface area contributed by atoms with Gasteiger partial charge in [-0.25, -0.2) is 0 Å². The van der Waals surface area contributed by atoms with Gasteiger partial charge in [-0.15, -0.1) is 0 Å². The van der Waals surface area contributed by atoms with Crippen molar-refractivity contribution in [2.24, 2.45) is 0 Å². The molecule has 1 aliphatic rings. The van der Waals surface area contributed by atoms with Gasteiger partial charge in [0, 0.05) is 6.04 Å². The Bertz CT molecular complexity index is 189. The van der Waals surface area contributed by atoms with Gasteiger partial charge in [0.1, 0.15) is 6.04 Å². The lowest BCUT2D eigenvalue weighted by molar-refractivity contribution is -0.139. The fourth-order valence-corrected chi connectivity index (χ4v) is 1.37. The number of hydrogen-bond acceptors (Lipinski definition) is 2. The Morgan fingerprint density at radius 3 is 2.92 bits per heavy atom. The van der Waals surface area contributed by atoms with Crippen LogP contribution >= 0.6 is 0 Å². The van der Waals surface area contributed by atoms with E-state index in [0.29, 0.717) is 6.04 Å². The third kappa shape index (κ3) is 2.66. The van der Waals surface area contributed by atoms with Crippen LogP contribution in [-0.2, 0) is 4.79 Å². The molecule has 0 aromatic heterocycles. The molecular formula is C9H15NO2. The van der Waals surface area contributed by atoms with Gasteiger partial charge in [0.15, 0.2) is 0 Å². The molecular weight excluding hydrogens is 154 g/mol. The summed E-state index contributed by atoms with van der Waals surface area (Å²) >= 11 is 0. The number of aliphatic carboxylic acids is 1. The normalized spacial score (nSPS) is 25.2. The number of allylic oxidation sites excluding steroid dienone is 1. The SMILES string of the molecule is CC(NC1CC=CCC1)C(=O)O. The highest BCUT2D eigenvalue weighted by atomic mass is 16.4. The first-order valence-corrected chi connectivity index (χ1v) is 4.34. The summed E-state index contributed by atoms with van der Waals surface area (Å²) in [5, 5.41) is 11.7. The highest BCUT2D eigenvalue weighted by Gasteiger charge is 2.16. The molecule has 12 heavy (non-hydrogen) atoms. The van der Waals surface area contributed by atoms with Crippen LogP contribution in [-0.4, -0.2) is 23.2 Å². The molecule has 0 aliphatic heterocycles. The van der Waals surface area contributed by atoms with Crippen LogP contribution in [0.15, 0.2) is 12.2 Å². The van der Waals surface area contributed by atoms with E-state index in [-0.39, 0.29) is 0 Å². The maximum absolute atomic E-state index is 10.5. The molecule has 0 saturated heterocycles. The maximum Gasteiger partial charge on any atom is 0.320 e. The van der Waals surface area contributed by atoms with Crippen LogP contribution in [0, 0.1) is 0 Å². The van der Waals surface area contributed by atoms with Gasteiger partial charge in [-0.3, -0.25) is 4.79 Å². The van der Waals surface area contributed by atoms with Crippen molar-refractivity contribution in [3.05, 3.63) is 12.2 Å². The summed E-state index contributed by atoms with van der Waals surface area (Å²) in [5.74, 6) is -0.774. The lowest BCUT2D eigenvalue weighted by Crippen LogP contribution is -2.41. The van der Waals surface area contributed by atoms with Crippen molar-refractivity contribution >= 4 is 5.97 Å². The van der Waals surface area contributed by atoms with Gasteiger partial charge in [0.2, 0.25) is 0 Å². The highest BCUT2D eigenvalue weighted by molar-refractivity contribution is 5.72. The molecule has 2 N–H and O–H groups in total. The van der Waals surface area contributed by atoms with Crippen molar-refractivity contribution in [1.82, 2.24) is 5.32 Å². The molecule has 1 rings (SSSR count). The van der Waals surface area contributed by atoms with Crippen LogP contribution < -0.4 is 5.32 Å². The van der Waals surface area contributed by atoms with E-state index in [9.17, 15) is 4.79 Å². The van der Waals surface area contributed by atoms with Crippen LogP contribution in [0.1, 0.15) is 26.2 Å². The molecule has 0 bridgehead atoms. The minimum Gasteiger partial charge on any atom is -0.480 e. The zero-order valence-corrected chi connectivity index (χ0v) is 7.29. The van der Waals surface area contributed by atoms with E-state index in [2.05, 4.69) is 17.5 Å². The largest absolute Gasteiger partial charge is 0.480 e. The highest BCUT2D eigenvalue weighted by Crippen LogP contribution is 2.10. The van der Waals surface area contributed by atoms with E-state index in [0.717, 1.165) is 19.3 Å². The second-order valence-electron chi connectivity index (χ2n) is 3.21. The summed E-state index contributed by atoms with van der Waals surface area (Å²) < 4.78 is 0. The van der Waals surface area contributed by atoms with Gasteiger partial charge in [-0.05, 0) is 26.2 Å². The van der Waals surface area contributed by atoms with E-state index in [1.807, 2.05) is 0 Å². The number of rotatable bonds is 3. The van der Waals surface area contributed by atoms with Crippen molar-refractivity contribution in [1.29, 1.82) is 0 Å². The number of carboxylic acids is 1. The van der Waals surface area contributed by atoms with Crippen LogP contribution in [0.2, 0.25) is 0 Å². The number of nitrogens with one attached hydrogen (secondary N) is 1. The minimum absolute atomic E-state index is 0.348. The molecule has 0 amide bonds. The number of hydrogen-bond donors (Lipinski definition) is 2. The first-order valence-electron chi connectivity index (χ1n) is 4.34. The third-order valence-corrected chi connectivity index (χ3v) is 2.13. The Morgan fingerprint density at radius 2 is 2.42 bits per heavy atom. The predicted octanol–water partition coefficient (Wildman–Crippen LogP) is 1.16. The average Bonchev–Trinajstić information content (AvgIpc) is 2.06. The zero-order valence-electron chi connectivity index (χ0n) is 7.29. The van der Waals surface area contributed by atoms with E-state index >= 15 is 0 Å². The average molecular weight is 169 g/mol. The Labute approximate surface area is 72.5 Å². The third-order valence-electron chi connectivity index (χ3n) is 2.13. The summed E-state index contributed by atoms with van der Waals surface area (Å²) in [6.07, 6.45) is 7.31. The summed E-state index contributed by atoms with van der Waals surface area (Å²) in [5.41, 5.74) is 0. The van der Waals surface area contributed by atoms with Crippen LogP contribution in [0.5, 0.6) is 0 Å². The van der Waals surface area contributed by atoms with Gasteiger partial charge in [-0.2, -0.15) is 0 Å². The first-order chi connectivity index (χ1) is 5.70. The van der Waals surface area contributed by atoms with Gasteiger partial charge >= 0.3 is 5.97 Å². The van der Waals surface area contributed by atoms with E-state index in [1.165, 1.54) is 0 Å². The minimum atomic E-state index is -0.774. The quantitative estimate of drug-likeness (QED) is 0.623. The molecule has 2 unspecified atom stereocenters. The van der Waals surface area contributed by atoms with Crippen LogP contribution in [0.4, 0.5) is 0 Å². The molecule has 0 aromatic carbocycles. The Balaban J connectivity index is 2.30. The van der Waals surface area contributed by atoms with E-state index < -0.39 is 12.0 Å². The van der Waals surface area contributed by atoms with Gasteiger partial charge in [0.05, 0.1) is 0 Å². The Morgan fingerprint density at radius 1 is 1.67 bits per heavy atom. The number of carbonyl (C=O) groups is 1. The van der Waals surface area contributed by atoms with Gasteiger partial charge in [0.25, 0.3) is 0 Å². The molecule has 3 nitrogen and oxygen atoms in total. The second kappa shape index (κ2) is 4.26. The van der Waals surface area contributed by atoms with Crippen molar-refractivity contribution in [2.75, 3.05) is 0 Å². The predicted molar refractivity (Wildman–Crippen MR) is 47.0 cm³/mol. The molecule has 0 spiro atoms. The lowest BCUT2D eigenvalue weighted by Gasteiger charge is -2.21. The number of carboxylic acid groups (broad SMARTS) is 1. The van der Waals surface area contributed by atoms with Crippen molar-refractivity contribution in [3.8, 4) is 0 Å². The smallest absolute Gasteiger partial charge is 0.320 e. The Hall–Kier alpha value is -0.830. The fourth-order valence-electron chi connectivity index (χ4n) is 1.37. The molecule has 0 heterocycles. The molecule has 2 atom stereocenters. The fraction of sp³-hybridized carbons (Fsp3) is 0.667. The standard InChI is InChI=1S/C9H15NO2/c1-7(9(11)12)10-8-5-3-2-4-6-8/h2-3,7-8,10H,4-6H2,1H3,(H,11,12). The van der Waals surface area contributed by atoms with E-state index in [4.69, 9.17) is 5.11 Å². The molecule has 0 fully saturated rings. The maximum atomic E-state index is 10.5. The molecule has 0 radical (unpaired) electrons. The first kappa shape index (κ1) is 9.26. The Kier molecular flexibility index (Phi) is 3.29. The van der Waals surface area contributed by atoms with Gasteiger partial charge in [-0.1, -0.05) is 12.2 Å². The summed E-state index contributed by atoms with van der Waals surface area (Å²) in [6.45, 7) is 1.68. The molecule has 0 aromatic rings. The molecule has 1 aliphatic carbocycles. The van der Waals surface area contributed by atoms with Crippen molar-refractivity contribution < 1.29 is 9.90 Å². The molecule has 3 heteroatoms. The monoisotopic (exact) mass is 169 g/mol. The van der Waals surface area contributed by atoms with Crippen molar-refractivity contribution in [3.63, 3.8) is 0 Å². The van der Waals surface area contributed by atoms with E-state index in [1.54, 1.807) is 6.92 Å². The topological polar surface area (TPSA) is 49.3 Å². The lowest BCUT2D eigenvalue weighted by atomic mass is 10.0. The van der Waals surface area contributed by atoms with Gasteiger partial charge < -0.3 is 10.4 Å². The van der Waals surface area contributed by atoms with Crippen LogP contribution in [0.3, 0.4) is 0 Å². The molecule has 0 saturated carbocycles. The summed E-state index contributed by atoms with van der Waals surface area (Å²) in [7, 11) is 0. The molecule has 68 valence electrons. The zero-order chi connectivity index (χ0) is 8.97. The summed E-state index contributed by atoms with van der Waals surface area (Å²) in [4.78, 5) is 10.5. The summed E-state index contributed by atoms with van der Waals surface area (Å²) in [6, 6.07) is -0.0809. The second-order valence-corrected chi connectivity index (χ2v) is 3.21. The van der Waals surface area contributed by atoms with Crippen LogP contribution in [0.25, 0.3) is 0 Å². The van der Waals surface area contributed by atoms with Crippen molar-refractivity contribution in [2.45, 2.75) is 38.3 Å².